The van der Waals surface area contributed by atoms with E-state index in [1.807, 2.05) is 17.5 Å². The second-order valence-electron chi connectivity index (χ2n) is 5.68. The molecule has 148 valence electrons. The van der Waals surface area contributed by atoms with Crippen molar-refractivity contribution in [2.45, 2.75) is 17.6 Å². The van der Waals surface area contributed by atoms with Crippen molar-refractivity contribution in [1.82, 2.24) is 14.5 Å². The summed E-state index contributed by atoms with van der Waals surface area (Å²) in [4.78, 5) is 12.5. The normalized spacial score (nSPS) is 12.2. The van der Waals surface area contributed by atoms with E-state index in [0.717, 1.165) is 21.7 Å². The SMILES string of the molecule is O=c1ccc(-c2cccs2)nn1CCNS(=O)(=O)c1ccc(C(F)(F)F)cc1. The number of halogens is 3. The highest BCUT2D eigenvalue weighted by Gasteiger charge is 2.30. The van der Waals surface area contributed by atoms with Gasteiger partial charge < -0.3 is 0 Å². The number of alkyl halides is 3. The topological polar surface area (TPSA) is 81.1 Å². The van der Waals surface area contributed by atoms with Gasteiger partial charge in [-0.3, -0.25) is 4.79 Å². The van der Waals surface area contributed by atoms with E-state index >= 15 is 0 Å². The lowest BCUT2D eigenvalue weighted by atomic mass is 10.2. The molecule has 0 spiro atoms. The van der Waals surface area contributed by atoms with Crippen LogP contribution in [0.5, 0.6) is 0 Å². The summed E-state index contributed by atoms with van der Waals surface area (Å²) in [5, 5.41) is 6.07. The highest BCUT2D eigenvalue weighted by Crippen LogP contribution is 2.29. The number of rotatable bonds is 6. The monoisotopic (exact) mass is 429 g/mol. The number of nitrogens with zero attached hydrogens (tertiary/aromatic N) is 2. The Bertz CT molecular complexity index is 1110. The van der Waals surface area contributed by atoms with Crippen LogP contribution >= 0.6 is 11.3 Å². The number of aromatic nitrogens is 2. The van der Waals surface area contributed by atoms with Gasteiger partial charge in [0.15, 0.2) is 0 Å². The van der Waals surface area contributed by atoms with Crippen molar-refractivity contribution < 1.29 is 21.6 Å². The van der Waals surface area contributed by atoms with Crippen molar-refractivity contribution in [3.05, 3.63) is 69.8 Å². The molecule has 2 heterocycles. The molecular formula is C17H14F3N3O3S2. The predicted molar refractivity (Wildman–Crippen MR) is 98.4 cm³/mol. The van der Waals surface area contributed by atoms with Crippen LogP contribution in [0.1, 0.15) is 5.56 Å². The number of hydrogen-bond donors (Lipinski definition) is 1. The molecule has 0 radical (unpaired) electrons. The zero-order chi connectivity index (χ0) is 20.4. The summed E-state index contributed by atoms with van der Waals surface area (Å²) in [5.41, 5.74) is -0.748. The molecule has 28 heavy (non-hydrogen) atoms. The lowest BCUT2D eigenvalue weighted by molar-refractivity contribution is -0.137. The number of nitrogens with one attached hydrogen (secondary N) is 1. The average Bonchev–Trinajstić information content (AvgIpc) is 3.17. The third-order valence-corrected chi connectivity index (χ3v) is 6.12. The maximum atomic E-state index is 12.6. The molecule has 1 N–H and O–H groups in total. The minimum absolute atomic E-state index is 0.0298. The van der Waals surface area contributed by atoms with Gasteiger partial charge in [-0.25, -0.2) is 17.8 Å². The molecule has 0 saturated heterocycles. The number of thiophene rings is 1. The summed E-state index contributed by atoms with van der Waals surface area (Å²) in [6, 6.07) is 9.77. The van der Waals surface area contributed by atoms with Gasteiger partial charge in [-0.15, -0.1) is 11.3 Å². The first-order chi connectivity index (χ1) is 13.2. The van der Waals surface area contributed by atoms with Crippen LogP contribution < -0.4 is 10.3 Å². The van der Waals surface area contributed by atoms with Crippen LogP contribution in [0.2, 0.25) is 0 Å². The van der Waals surface area contributed by atoms with Gasteiger partial charge in [0.05, 0.1) is 21.9 Å². The van der Waals surface area contributed by atoms with E-state index in [2.05, 4.69) is 9.82 Å². The fourth-order valence-corrected chi connectivity index (χ4v) is 4.07. The Morgan fingerprint density at radius 3 is 2.39 bits per heavy atom. The molecule has 11 heteroatoms. The van der Waals surface area contributed by atoms with E-state index in [1.165, 1.54) is 17.4 Å². The lowest BCUT2D eigenvalue weighted by Gasteiger charge is -2.10. The van der Waals surface area contributed by atoms with Gasteiger partial charge in [0.2, 0.25) is 10.0 Å². The summed E-state index contributed by atoms with van der Waals surface area (Å²) in [5.74, 6) is 0. The standard InChI is InChI=1S/C17H14F3N3O3S2/c18-17(19,20)12-3-5-13(6-4-12)28(25,26)21-9-10-23-16(24)8-7-14(22-23)15-2-1-11-27-15/h1-8,11,21H,9-10H2. The Hall–Kier alpha value is -2.50. The lowest BCUT2D eigenvalue weighted by Crippen LogP contribution is -2.32. The molecule has 6 nitrogen and oxygen atoms in total. The van der Waals surface area contributed by atoms with Crippen molar-refractivity contribution in [1.29, 1.82) is 0 Å². The summed E-state index contributed by atoms with van der Waals surface area (Å²) in [7, 11) is -4.02. The molecule has 0 aliphatic carbocycles. The average molecular weight is 429 g/mol. The summed E-state index contributed by atoms with van der Waals surface area (Å²) >= 11 is 1.45. The van der Waals surface area contributed by atoms with Gasteiger partial charge in [-0.1, -0.05) is 6.07 Å². The van der Waals surface area contributed by atoms with Crippen molar-refractivity contribution >= 4 is 21.4 Å². The van der Waals surface area contributed by atoms with Crippen molar-refractivity contribution in [3.8, 4) is 10.6 Å². The van der Waals surface area contributed by atoms with Gasteiger partial charge in [-0.2, -0.15) is 18.3 Å². The van der Waals surface area contributed by atoms with Gasteiger partial charge in [0, 0.05) is 12.6 Å². The number of benzene rings is 1. The summed E-state index contributed by atoms with van der Waals surface area (Å²) in [6.07, 6.45) is -4.55. The van der Waals surface area contributed by atoms with Crippen LogP contribution in [0.25, 0.3) is 10.6 Å². The Morgan fingerprint density at radius 1 is 1.07 bits per heavy atom. The zero-order valence-corrected chi connectivity index (χ0v) is 15.8. The largest absolute Gasteiger partial charge is 0.416 e. The predicted octanol–water partition coefficient (Wildman–Crippen LogP) is 2.97. The van der Waals surface area contributed by atoms with Crippen LogP contribution in [-0.2, 0) is 22.7 Å². The van der Waals surface area contributed by atoms with E-state index in [-0.39, 0.29) is 18.0 Å². The molecule has 0 amide bonds. The van der Waals surface area contributed by atoms with E-state index in [4.69, 9.17) is 0 Å². The highest BCUT2D eigenvalue weighted by molar-refractivity contribution is 7.89. The molecular weight excluding hydrogens is 415 g/mol. The van der Waals surface area contributed by atoms with E-state index in [0.29, 0.717) is 17.8 Å². The molecule has 0 aliphatic heterocycles. The molecule has 3 aromatic rings. The zero-order valence-electron chi connectivity index (χ0n) is 14.2. The van der Waals surface area contributed by atoms with Crippen molar-refractivity contribution in [2.24, 2.45) is 0 Å². The fourth-order valence-electron chi connectivity index (χ4n) is 2.36. The van der Waals surface area contributed by atoms with Crippen molar-refractivity contribution in [2.75, 3.05) is 6.54 Å². The number of hydrogen-bond acceptors (Lipinski definition) is 5. The Labute approximate surface area is 162 Å². The molecule has 3 rings (SSSR count). The van der Waals surface area contributed by atoms with Gasteiger partial charge in [0.1, 0.15) is 5.69 Å². The molecule has 0 aliphatic rings. The minimum atomic E-state index is -4.55. The van der Waals surface area contributed by atoms with Crippen LogP contribution in [0.3, 0.4) is 0 Å². The highest BCUT2D eigenvalue weighted by atomic mass is 32.2. The maximum absolute atomic E-state index is 12.6. The fraction of sp³-hybridized carbons (Fsp3) is 0.176. The van der Waals surface area contributed by atoms with Gasteiger partial charge in [-0.05, 0) is 41.8 Å². The Morgan fingerprint density at radius 2 is 1.79 bits per heavy atom. The van der Waals surface area contributed by atoms with Gasteiger partial charge >= 0.3 is 6.18 Å². The second kappa shape index (κ2) is 7.86. The van der Waals surface area contributed by atoms with E-state index < -0.39 is 27.3 Å². The van der Waals surface area contributed by atoms with Crippen LogP contribution in [0, 0.1) is 0 Å². The molecule has 0 saturated carbocycles. The molecule has 0 bridgehead atoms. The summed E-state index contributed by atoms with van der Waals surface area (Å²) < 4.78 is 65.6. The Balaban J connectivity index is 1.69. The molecule has 0 unspecified atom stereocenters. The third kappa shape index (κ3) is 4.66. The second-order valence-corrected chi connectivity index (χ2v) is 8.39. The van der Waals surface area contributed by atoms with Crippen molar-refractivity contribution in [3.63, 3.8) is 0 Å². The van der Waals surface area contributed by atoms with Gasteiger partial charge in [0.25, 0.3) is 5.56 Å². The van der Waals surface area contributed by atoms with Crippen LogP contribution in [0.15, 0.2) is 63.6 Å². The first-order valence-corrected chi connectivity index (χ1v) is 10.3. The van der Waals surface area contributed by atoms with Crippen LogP contribution in [0.4, 0.5) is 13.2 Å². The summed E-state index contributed by atoms with van der Waals surface area (Å²) in [6.45, 7) is -0.179. The van der Waals surface area contributed by atoms with E-state index in [1.54, 1.807) is 6.07 Å². The van der Waals surface area contributed by atoms with Crippen LogP contribution in [-0.4, -0.2) is 24.7 Å². The molecule has 1 aromatic carbocycles. The Kier molecular flexibility index (Phi) is 5.68. The smallest absolute Gasteiger partial charge is 0.268 e. The minimum Gasteiger partial charge on any atom is -0.268 e. The first-order valence-electron chi connectivity index (χ1n) is 7.96. The maximum Gasteiger partial charge on any atom is 0.416 e. The first kappa shape index (κ1) is 20.2. The third-order valence-electron chi connectivity index (χ3n) is 3.75. The number of sulfonamides is 1. The molecule has 0 fully saturated rings. The molecule has 2 aromatic heterocycles. The van der Waals surface area contributed by atoms with E-state index in [9.17, 15) is 26.4 Å². The molecule has 0 atom stereocenters. The quantitative estimate of drug-likeness (QED) is 0.653.